The molecule has 2 heterocycles. The Morgan fingerprint density at radius 3 is 2.40 bits per heavy atom. The summed E-state index contributed by atoms with van der Waals surface area (Å²) < 4.78 is 0. The summed E-state index contributed by atoms with van der Waals surface area (Å²) in [5, 5.41) is 8.24. The van der Waals surface area contributed by atoms with Crippen molar-refractivity contribution < 1.29 is 4.79 Å². The highest BCUT2D eigenvalue weighted by molar-refractivity contribution is 7.14. The summed E-state index contributed by atoms with van der Waals surface area (Å²) >= 11 is 14.0. The van der Waals surface area contributed by atoms with E-state index in [9.17, 15) is 4.79 Å². The number of hydrogen-bond acceptors (Lipinski definition) is 3. The zero-order valence-electron chi connectivity index (χ0n) is 19.3. The molecule has 1 aromatic heterocycles. The standard InChI is InChI=1S/C29H26Cl2N2OS/c30-22-12-8-18(9-13-22)16-21-5-3-6-24-27(21)32-33(28(24)19-10-14-23(31)15-11-19)29(34)26-17-20-4-1-2-7-25(20)35-26/h8-17,24,28H,1-7H2/b21-16+/t24-,28+/m0/s1. The van der Waals surface area contributed by atoms with Crippen LogP contribution < -0.4 is 0 Å². The highest BCUT2D eigenvalue weighted by atomic mass is 35.5. The van der Waals surface area contributed by atoms with Gasteiger partial charge in [-0.05, 0) is 104 Å². The van der Waals surface area contributed by atoms with Crippen LogP contribution in [0.15, 0.2) is 65.3 Å². The first-order valence-electron chi connectivity index (χ1n) is 12.3. The number of rotatable bonds is 3. The minimum atomic E-state index is -0.122. The number of fused-ring (bicyclic) bond motifs is 2. The third kappa shape index (κ3) is 4.48. The van der Waals surface area contributed by atoms with Gasteiger partial charge in [-0.25, -0.2) is 5.01 Å². The normalized spacial score (nSPS) is 22.6. The molecule has 3 aromatic rings. The predicted octanol–water partition coefficient (Wildman–Crippen LogP) is 8.37. The first-order valence-corrected chi connectivity index (χ1v) is 13.9. The van der Waals surface area contributed by atoms with Gasteiger partial charge in [0.25, 0.3) is 5.91 Å². The van der Waals surface area contributed by atoms with Crippen LogP contribution in [0.1, 0.15) is 69.4 Å². The maximum atomic E-state index is 13.9. The van der Waals surface area contributed by atoms with E-state index in [1.54, 1.807) is 16.3 Å². The van der Waals surface area contributed by atoms with Crippen molar-refractivity contribution >= 4 is 52.2 Å². The Labute approximate surface area is 220 Å². The van der Waals surface area contributed by atoms with Gasteiger partial charge in [0.2, 0.25) is 0 Å². The lowest BCUT2D eigenvalue weighted by molar-refractivity contribution is 0.0686. The Morgan fingerprint density at radius 2 is 1.66 bits per heavy atom. The number of nitrogens with zero attached hydrogens (tertiary/aromatic N) is 2. The van der Waals surface area contributed by atoms with Crippen LogP contribution in [0.25, 0.3) is 6.08 Å². The Kier molecular flexibility index (Phi) is 6.30. The molecule has 1 fully saturated rings. The van der Waals surface area contributed by atoms with Crippen LogP contribution in [0.2, 0.25) is 10.0 Å². The molecule has 0 spiro atoms. The highest BCUT2D eigenvalue weighted by Crippen LogP contribution is 2.45. The molecule has 0 radical (unpaired) electrons. The number of thiophene rings is 1. The molecule has 2 atom stereocenters. The molecular weight excluding hydrogens is 495 g/mol. The van der Waals surface area contributed by atoms with Crippen molar-refractivity contribution in [2.24, 2.45) is 11.0 Å². The minimum Gasteiger partial charge on any atom is -0.266 e. The van der Waals surface area contributed by atoms with E-state index in [4.69, 9.17) is 28.3 Å². The van der Waals surface area contributed by atoms with E-state index in [0.29, 0.717) is 5.02 Å². The van der Waals surface area contributed by atoms with Crippen molar-refractivity contribution in [2.45, 2.75) is 51.0 Å². The highest BCUT2D eigenvalue weighted by Gasteiger charge is 2.44. The molecule has 2 aliphatic carbocycles. The molecule has 2 aromatic carbocycles. The number of hydrazone groups is 1. The molecule has 35 heavy (non-hydrogen) atoms. The van der Waals surface area contributed by atoms with E-state index < -0.39 is 0 Å². The average molecular weight is 522 g/mol. The van der Waals surface area contributed by atoms with E-state index in [-0.39, 0.29) is 17.9 Å². The summed E-state index contributed by atoms with van der Waals surface area (Å²) in [6.07, 6.45) is 9.82. The quantitative estimate of drug-likeness (QED) is 0.341. The van der Waals surface area contributed by atoms with Crippen LogP contribution in [0, 0.1) is 5.92 Å². The maximum Gasteiger partial charge on any atom is 0.284 e. The molecule has 1 amide bonds. The van der Waals surface area contributed by atoms with Crippen molar-refractivity contribution in [1.82, 2.24) is 5.01 Å². The number of benzene rings is 2. The SMILES string of the molecule is O=C(c1cc2c(s1)CCCC2)N1N=C2/C(=C/c3ccc(Cl)cc3)CCC[C@@H]2[C@H]1c1ccc(Cl)cc1. The lowest BCUT2D eigenvalue weighted by Gasteiger charge is -2.29. The molecule has 0 bridgehead atoms. The Bertz CT molecular complexity index is 1300. The van der Waals surface area contributed by atoms with Crippen molar-refractivity contribution in [1.29, 1.82) is 0 Å². The lowest BCUT2D eigenvalue weighted by Crippen LogP contribution is -2.31. The topological polar surface area (TPSA) is 32.7 Å². The molecule has 178 valence electrons. The fourth-order valence-corrected chi connectivity index (χ4v) is 7.07. The molecule has 1 saturated carbocycles. The number of carbonyl (C=O) groups excluding carboxylic acids is 1. The second-order valence-corrected chi connectivity index (χ2v) is 11.6. The lowest BCUT2D eigenvalue weighted by atomic mass is 9.77. The monoisotopic (exact) mass is 520 g/mol. The molecule has 0 saturated heterocycles. The number of amides is 1. The zero-order valence-corrected chi connectivity index (χ0v) is 21.7. The van der Waals surface area contributed by atoms with Gasteiger partial charge in [0, 0.05) is 20.8 Å². The van der Waals surface area contributed by atoms with Crippen LogP contribution in [-0.4, -0.2) is 16.6 Å². The second-order valence-electron chi connectivity index (χ2n) is 9.62. The first kappa shape index (κ1) is 23.0. The summed E-state index contributed by atoms with van der Waals surface area (Å²) in [4.78, 5) is 16.1. The zero-order chi connectivity index (χ0) is 23.9. The van der Waals surface area contributed by atoms with Crippen molar-refractivity contribution in [2.75, 3.05) is 0 Å². The van der Waals surface area contributed by atoms with Crippen LogP contribution in [-0.2, 0) is 12.8 Å². The molecule has 0 unspecified atom stereocenters. The number of allylic oxidation sites excluding steroid dienone is 1. The predicted molar refractivity (Wildman–Crippen MR) is 146 cm³/mol. The molecule has 0 N–H and O–H groups in total. The summed E-state index contributed by atoms with van der Waals surface area (Å²) in [6, 6.07) is 17.8. The fourth-order valence-electron chi connectivity index (χ4n) is 5.63. The first-order chi connectivity index (χ1) is 17.1. The fraction of sp³-hybridized carbons (Fsp3) is 0.310. The van der Waals surface area contributed by atoms with Crippen LogP contribution in [0.5, 0.6) is 0 Å². The maximum absolute atomic E-state index is 13.9. The van der Waals surface area contributed by atoms with Crippen LogP contribution >= 0.6 is 34.5 Å². The van der Waals surface area contributed by atoms with Crippen molar-refractivity contribution in [3.63, 3.8) is 0 Å². The molecule has 3 aliphatic rings. The smallest absolute Gasteiger partial charge is 0.266 e. The third-order valence-electron chi connectivity index (χ3n) is 7.34. The van der Waals surface area contributed by atoms with Gasteiger partial charge in [0.1, 0.15) is 0 Å². The van der Waals surface area contributed by atoms with Crippen LogP contribution in [0.3, 0.4) is 0 Å². The van der Waals surface area contributed by atoms with Gasteiger partial charge in [-0.3, -0.25) is 4.79 Å². The van der Waals surface area contributed by atoms with Gasteiger partial charge in [0.15, 0.2) is 0 Å². The molecule has 3 nitrogen and oxygen atoms in total. The Balaban J connectivity index is 1.41. The van der Waals surface area contributed by atoms with E-state index >= 15 is 0 Å². The van der Waals surface area contributed by atoms with E-state index in [0.717, 1.165) is 58.8 Å². The largest absolute Gasteiger partial charge is 0.284 e. The van der Waals surface area contributed by atoms with Gasteiger partial charge < -0.3 is 0 Å². The number of halogens is 2. The van der Waals surface area contributed by atoms with Crippen molar-refractivity contribution in [3.05, 3.63) is 96.7 Å². The van der Waals surface area contributed by atoms with E-state index in [1.165, 1.54) is 28.9 Å². The average Bonchev–Trinajstić information content (AvgIpc) is 3.48. The van der Waals surface area contributed by atoms with Crippen LogP contribution in [0.4, 0.5) is 0 Å². The van der Waals surface area contributed by atoms with Gasteiger partial charge in [-0.2, -0.15) is 5.10 Å². The number of aryl methyl sites for hydroxylation is 2. The van der Waals surface area contributed by atoms with Gasteiger partial charge in [-0.1, -0.05) is 47.5 Å². The summed E-state index contributed by atoms with van der Waals surface area (Å²) in [5.74, 6) is 0.180. The minimum absolute atomic E-state index is 0.0112. The third-order valence-corrected chi connectivity index (χ3v) is 9.07. The molecule has 1 aliphatic heterocycles. The van der Waals surface area contributed by atoms with Gasteiger partial charge in [-0.15, -0.1) is 11.3 Å². The Hall–Kier alpha value is -2.40. The summed E-state index contributed by atoms with van der Waals surface area (Å²) in [7, 11) is 0. The number of carbonyl (C=O) groups is 1. The van der Waals surface area contributed by atoms with Gasteiger partial charge >= 0.3 is 0 Å². The number of hydrogen-bond donors (Lipinski definition) is 0. The summed E-state index contributed by atoms with van der Waals surface area (Å²) in [5.41, 5.74) is 5.79. The molecular formula is C29H26Cl2N2OS. The summed E-state index contributed by atoms with van der Waals surface area (Å²) in [6.45, 7) is 0. The molecule has 6 rings (SSSR count). The van der Waals surface area contributed by atoms with Crippen molar-refractivity contribution in [3.8, 4) is 0 Å². The Morgan fingerprint density at radius 1 is 0.943 bits per heavy atom. The van der Waals surface area contributed by atoms with E-state index in [2.05, 4.69) is 12.1 Å². The van der Waals surface area contributed by atoms with E-state index in [1.807, 2.05) is 48.5 Å². The second kappa shape index (κ2) is 9.57. The van der Waals surface area contributed by atoms with Gasteiger partial charge in [0.05, 0.1) is 16.6 Å². The molecule has 6 heteroatoms.